The first-order valence-electron chi connectivity index (χ1n) is 3.55. The van der Waals surface area contributed by atoms with Crippen LogP contribution in [-0.2, 0) is 9.53 Å². The van der Waals surface area contributed by atoms with Gasteiger partial charge in [-0.15, -0.1) is 0 Å². The molecule has 0 aliphatic carbocycles. The van der Waals surface area contributed by atoms with Crippen molar-refractivity contribution in [1.82, 2.24) is 0 Å². The van der Waals surface area contributed by atoms with E-state index in [9.17, 15) is 4.79 Å². The molecule has 1 atom stereocenters. The number of esters is 1. The van der Waals surface area contributed by atoms with Gasteiger partial charge in [-0.2, -0.15) is 0 Å². The van der Waals surface area contributed by atoms with E-state index in [2.05, 4.69) is 0 Å². The Kier molecular flexibility index (Phi) is 2.23. The lowest BCUT2D eigenvalue weighted by Gasteiger charge is -2.21. The molecule has 1 heterocycles. The fraction of sp³-hybridized carbons (Fsp3) is 0.625. The highest BCUT2D eigenvalue weighted by Crippen LogP contribution is 2.33. The minimum Gasteiger partial charge on any atom is -0.459 e. The molecule has 1 aliphatic rings. The van der Waals surface area contributed by atoms with Crippen LogP contribution in [0.1, 0.15) is 20.3 Å². The van der Waals surface area contributed by atoms with E-state index in [0.29, 0.717) is 6.42 Å². The van der Waals surface area contributed by atoms with E-state index in [1.165, 1.54) is 5.54 Å². The monoisotopic (exact) mass is 174 g/mol. The molecule has 0 N–H and O–H groups in total. The van der Waals surface area contributed by atoms with Crippen LogP contribution in [0.15, 0.2) is 11.6 Å². The number of carbonyl (C=O) groups excluding carboxylic acids is 1. The molecule has 0 amide bonds. The van der Waals surface area contributed by atoms with Gasteiger partial charge in [-0.25, -0.2) is 0 Å². The fourth-order valence-electron chi connectivity index (χ4n) is 1.22. The summed E-state index contributed by atoms with van der Waals surface area (Å²) in [6, 6.07) is 0. The zero-order valence-electron chi connectivity index (χ0n) is 6.63. The van der Waals surface area contributed by atoms with Gasteiger partial charge in [0, 0.05) is 11.5 Å². The van der Waals surface area contributed by atoms with Crippen molar-refractivity contribution in [2.75, 3.05) is 0 Å². The molecule has 0 aromatic carbocycles. The normalized spacial score (nSPS) is 29.4. The zero-order valence-corrected chi connectivity index (χ0v) is 7.39. The lowest BCUT2D eigenvalue weighted by molar-refractivity contribution is -0.146. The van der Waals surface area contributed by atoms with Crippen molar-refractivity contribution in [3.63, 3.8) is 0 Å². The third kappa shape index (κ3) is 1.74. The van der Waals surface area contributed by atoms with E-state index in [4.69, 9.17) is 16.3 Å². The fourth-order valence-corrected chi connectivity index (χ4v) is 1.40. The maximum absolute atomic E-state index is 10.8. The Labute approximate surface area is 71.2 Å². The van der Waals surface area contributed by atoms with Crippen molar-refractivity contribution >= 4 is 17.6 Å². The van der Waals surface area contributed by atoms with E-state index in [-0.39, 0.29) is 17.5 Å². The molecule has 1 fully saturated rings. The van der Waals surface area contributed by atoms with Crippen LogP contribution in [0.2, 0.25) is 0 Å². The standard InChI is InChI=1S/C8H11ClO2/c1-8(2)6(3-4-9)5-7(10)11-8/h3-4,6H,5H2,1-2H3. The van der Waals surface area contributed by atoms with Crippen molar-refractivity contribution in [3.05, 3.63) is 11.6 Å². The van der Waals surface area contributed by atoms with Crippen LogP contribution < -0.4 is 0 Å². The number of carbonyl (C=O) groups is 1. The molecule has 0 spiro atoms. The van der Waals surface area contributed by atoms with Crippen LogP contribution >= 0.6 is 11.6 Å². The lowest BCUT2D eigenvalue weighted by atomic mass is 9.91. The first kappa shape index (κ1) is 8.60. The van der Waals surface area contributed by atoms with Gasteiger partial charge in [0.2, 0.25) is 0 Å². The maximum atomic E-state index is 10.8. The maximum Gasteiger partial charge on any atom is 0.307 e. The van der Waals surface area contributed by atoms with E-state index < -0.39 is 0 Å². The van der Waals surface area contributed by atoms with Crippen LogP contribution in [0.4, 0.5) is 0 Å². The summed E-state index contributed by atoms with van der Waals surface area (Å²) in [5.74, 6) is -0.0257. The number of hydrogen-bond donors (Lipinski definition) is 0. The van der Waals surface area contributed by atoms with Crippen LogP contribution in [-0.4, -0.2) is 11.6 Å². The lowest BCUT2D eigenvalue weighted by Crippen LogP contribution is -2.25. The quantitative estimate of drug-likeness (QED) is 0.569. The van der Waals surface area contributed by atoms with Crippen molar-refractivity contribution in [2.45, 2.75) is 25.9 Å². The molecule has 0 bridgehead atoms. The first-order valence-corrected chi connectivity index (χ1v) is 3.98. The minimum absolute atomic E-state index is 0.118. The third-order valence-electron chi connectivity index (χ3n) is 1.96. The van der Waals surface area contributed by atoms with Crippen LogP contribution in [0, 0.1) is 5.92 Å². The summed E-state index contributed by atoms with van der Waals surface area (Å²) in [6.07, 6.45) is 2.24. The molecule has 1 rings (SSSR count). The molecule has 0 radical (unpaired) electrons. The van der Waals surface area contributed by atoms with Crippen molar-refractivity contribution in [2.24, 2.45) is 5.92 Å². The Morgan fingerprint density at radius 1 is 1.73 bits per heavy atom. The smallest absolute Gasteiger partial charge is 0.307 e. The topological polar surface area (TPSA) is 26.3 Å². The van der Waals surface area contributed by atoms with Gasteiger partial charge in [-0.3, -0.25) is 4.79 Å². The van der Waals surface area contributed by atoms with Crippen LogP contribution in [0.5, 0.6) is 0 Å². The predicted octanol–water partition coefficient (Wildman–Crippen LogP) is 2.08. The summed E-state index contributed by atoms with van der Waals surface area (Å²) in [4.78, 5) is 10.8. The molecule has 1 unspecified atom stereocenters. The number of hydrogen-bond acceptors (Lipinski definition) is 2. The summed E-state index contributed by atoms with van der Waals surface area (Å²) in [7, 11) is 0. The van der Waals surface area contributed by atoms with Gasteiger partial charge in [-0.05, 0) is 13.8 Å². The predicted molar refractivity (Wildman–Crippen MR) is 43.3 cm³/mol. The van der Waals surface area contributed by atoms with Crippen molar-refractivity contribution < 1.29 is 9.53 Å². The van der Waals surface area contributed by atoms with E-state index in [1.807, 2.05) is 13.8 Å². The van der Waals surface area contributed by atoms with Gasteiger partial charge in [0.25, 0.3) is 0 Å². The SMILES string of the molecule is CC1(C)OC(=O)CC1C=CCl. The number of cyclic esters (lactones) is 1. The average Bonchev–Trinajstić information content (AvgIpc) is 2.07. The largest absolute Gasteiger partial charge is 0.459 e. The summed E-state index contributed by atoms with van der Waals surface area (Å²) in [5, 5.41) is 0. The van der Waals surface area contributed by atoms with E-state index in [1.54, 1.807) is 6.08 Å². The van der Waals surface area contributed by atoms with Crippen molar-refractivity contribution in [1.29, 1.82) is 0 Å². The first-order chi connectivity index (χ1) is 5.06. The third-order valence-corrected chi connectivity index (χ3v) is 2.11. The Bertz CT molecular complexity index is 196. The summed E-state index contributed by atoms with van der Waals surface area (Å²) in [6.45, 7) is 3.78. The van der Waals surface area contributed by atoms with Gasteiger partial charge in [0.1, 0.15) is 5.60 Å². The zero-order chi connectivity index (χ0) is 8.48. The second-order valence-electron chi connectivity index (χ2n) is 3.21. The minimum atomic E-state index is -0.386. The summed E-state index contributed by atoms with van der Waals surface area (Å²) in [5.41, 5.74) is 1.05. The summed E-state index contributed by atoms with van der Waals surface area (Å²) >= 11 is 5.41. The molecule has 0 aromatic rings. The average molecular weight is 175 g/mol. The molecule has 1 saturated heterocycles. The van der Waals surface area contributed by atoms with E-state index in [0.717, 1.165) is 0 Å². The number of rotatable bonds is 1. The number of ether oxygens (including phenoxy) is 1. The Morgan fingerprint density at radius 2 is 2.36 bits per heavy atom. The second-order valence-corrected chi connectivity index (χ2v) is 3.46. The Hall–Kier alpha value is -0.500. The van der Waals surface area contributed by atoms with Crippen LogP contribution in [0.3, 0.4) is 0 Å². The highest BCUT2D eigenvalue weighted by molar-refractivity contribution is 6.25. The summed E-state index contributed by atoms with van der Waals surface area (Å²) < 4.78 is 5.07. The molecule has 1 aliphatic heterocycles. The van der Waals surface area contributed by atoms with Gasteiger partial charge in [0.15, 0.2) is 0 Å². The molecular weight excluding hydrogens is 164 g/mol. The number of halogens is 1. The van der Waals surface area contributed by atoms with E-state index >= 15 is 0 Å². The van der Waals surface area contributed by atoms with Gasteiger partial charge in [0.05, 0.1) is 6.42 Å². The molecule has 2 nitrogen and oxygen atoms in total. The molecule has 0 aromatic heterocycles. The Morgan fingerprint density at radius 3 is 2.73 bits per heavy atom. The second kappa shape index (κ2) is 2.86. The highest BCUT2D eigenvalue weighted by Gasteiger charge is 2.39. The van der Waals surface area contributed by atoms with Gasteiger partial charge >= 0.3 is 5.97 Å². The van der Waals surface area contributed by atoms with Crippen molar-refractivity contribution in [3.8, 4) is 0 Å². The van der Waals surface area contributed by atoms with Crippen LogP contribution in [0.25, 0.3) is 0 Å². The Balaban J connectivity index is 2.73. The van der Waals surface area contributed by atoms with Gasteiger partial charge in [-0.1, -0.05) is 17.7 Å². The molecular formula is C8H11ClO2. The molecule has 3 heteroatoms. The molecule has 0 saturated carbocycles. The highest BCUT2D eigenvalue weighted by atomic mass is 35.5. The molecule has 11 heavy (non-hydrogen) atoms. The molecule has 62 valence electrons. The van der Waals surface area contributed by atoms with Gasteiger partial charge < -0.3 is 4.74 Å².